The van der Waals surface area contributed by atoms with Crippen molar-refractivity contribution < 1.29 is 14.0 Å². The first-order valence-electron chi connectivity index (χ1n) is 11.1. The molecule has 6 heteroatoms. The number of nitrogens with one attached hydrogen (secondary N) is 1. The Hall–Kier alpha value is -2.76. The van der Waals surface area contributed by atoms with Crippen molar-refractivity contribution in [3.8, 4) is 0 Å². The Labute approximate surface area is 177 Å². The molecule has 2 atom stereocenters. The lowest BCUT2D eigenvalue weighted by Gasteiger charge is -2.32. The van der Waals surface area contributed by atoms with Crippen LogP contribution in [0.15, 0.2) is 41.0 Å². The molecule has 30 heavy (non-hydrogen) atoms. The van der Waals surface area contributed by atoms with Crippen molar-refractivity contribution in [2.24, 2.45) is 5.92 Å². The van der Waals surface area contributed by atoms with Gasteiger partial charge < -0.3 is 19.5 Å². The molecular weight excluding hydrogens is 378 g/mol. The van der Waals surface area contributed by atoms with Crippen LogP contribution in [-0.2, 0) is 17.8 Å². The number of rotatable bonds is 5. The highest BCUT2D eigenvalue weighted by atomic mass is 16.3. The van der Waals surface area contributed by atoms with Crippen LogP contribution in [0.5, 0.6) is 0 Å². The van der Waals surface area contributed by atoms with Gasteiger partial charge in [-0.2, -0.15) is 0 Å². The molecule has 2 fully saturated rings. The van der Waals surface area contributed by atoms with Crippen molar-refractivity contribution >= 4 is 17.5 Å². The molecule has 1 aliphatic carbocycles. The fraction of sp³-hybridized carbons (Fsp3) is 0.500. The molecule has 1 N–H and O–H groups in total. The highest BCUT2D eigenvalue weighted by Gasteiger charge is 2.34. The fourth-order valence-electron chi connectivity index (χ4n) is 4.77. The van der Waals surface area contributed by atoms with E-state index in [-0.39, 0.29) is 17.7 Å². The monoisotopic (exact) mass is 407 g/mol. The smallest absolute Gasteiger partial charge is 0.257 e. The Balaban J connectivity index is 1.29. The zero-order valence-electron chi connectivity index (χ0n) is 17.5. The first-order valence-corrected chi connectivity index (χ1v) is 11.1. The van der Waals surface area contributed by atoms with E-state index in [1.807, 2.05) is 4.90 Å². The van der Waals surface area contributed by atoms with Gasteiger partial charge in [-0.25, -0.2) is 0 Å². The fourth-order valence-corrected chi connectivity index (χ4v) is 4.77. The van der Waals surface area contributed by atoms with E-state index < -0.39 is 0 Å². The Morgan fingerprint density at radius 2 is 2.00 bits per heavy atom. The number of carbonyl (C=O) groups excluding carboxylic acids is 2. The summed E-state index contributed by atoms with van der Waals surface area (Å²) in [6, 6.07) is 10.9. The Kier molecular flexibility index (Phi) is 5.01. The van der Waals surface area contributed by atoms with E-state index in [1.165, 1.54) is 11.3 Å². The van der Waals surface area contributed by atoms with E-state index in [9.17, 15) is 9.59 Å². The maximum atomic E-state index is 13.3. The highest BCUT2D eigenvalue weighted by Crippen LogP contribution is 2.34. The Bertz CT molecular complexity index is 949. The quantitative estimate of drug-likeness (QED) is 0.825. The largest absolute Gasteiger partial charge is 0.467 e. The molecular formula is C24H29N3O3. The predicted molar refractivity (Wildman–Crippen MR) is 114 cm³/mol. The summed E-state index contributed by atoms with van der Waals surface area (Å²) in [7, 11) is 0. The second-order valence-corrected chi connectivity index (χ2v) is 8.94. The van der Waals surface area contributed by atoms with Gasteiger partial charge in [-0.05, 0) is 56.7 Å². The number of carbonyl (C=O) groups is 2. The number of anilines is 1. The molecule has 2 unspecified atom stereocenters. The van der Waals surface area contributed by atoms with Crippen LogP contribution in [-0.4, -0.2) is 41.9 Å². The van der Waals surface area contributed by atoms with Crippen molar-refractivity contribution in [2.75, 3.05) is 18.0 Å². The van der Waals surface area contributed by atoms with Gasteiger partial charge in [0, 0.05) is 30.9 Å². The van der Waals surface area contributed by atoms with E-state index in [1.54, 1.807) is 12.3 Å². The summed E-state index contributed by atoms with van der Waals surface area (Å²) in [6.07, 6.45) is 6.48. The SMILES string of the molecule is CC1Cc2ccccc2N1Cc1occc1C(=O)N1CCCC(C(=O)NC2CC2)C1. The summed E-state index contributed by atoms with van der Waals surface area (Å²) in [5.41, 5.74) is 3.18. The summed E-state index contributed by atoms with van der Waals surface area (Å²) in [5.74, 6) is 0.671. The first-order chi connectivity index (χ1) is 14.6. The Morgan fingerprint density at radius 3 is 2.83 bits per heavy atom. The van der Waals surface area contributed by atoms with E-state index in [0.29, 0.717) is 43.0 Å². The molecule has 1 aromatic heterocycles. The van der Waals surface area contributed by atoms with Crippen LogP contribution in [0.2, 0.25) is 0 Å². The maximum Gasteiger partial charge on any atom is 0.257 e. The number of amides is 2. The summed E-state index contributed by atoms with van der Waals surface area (Å²) in [5, 5.41) is 3.09. The third kappa shape index (κ3) is 3.71. The minimum Gasteiger partial charge on any atom is -0.467 e. The van der Waals surface area contributed by atoms with Gasteiger partial charge >= 0.3 is 0 Å². The molecule has 5 rings (SSSR count). The zero-order valence-corrected chi connectivity index (χ0v) is 17.5. The number of likely N-dealkylation sites (tertiary alicyclic amines) is 1. The minimum absolute atomic E-state index is 0.0252. The van der Waals surface area contributed by atoms with E-state index >= 15 is 0 Å². The standard InChI is InChI=1S/C24H29N3O3/c1-16-13-17-5-2-3-7-21(17)27(16)15-22-20(10-12-30-22)24(29)26-11-4-6-18(14-26)23(28)25-19-8-9-19/h2-3,5,7,10,12,16,18-19H,4,6,8-9,11,13-15H2,1H3,(H,25,28). The van der Waals surface area contributed by atoms with E-state index in [0.717, 1.165) is 32.1 Å². The van der Waals surface area contributed by atoms with Gasteiger partial charge in [-0.1, -0.05) is 18.2 Å². The summed E-state index contributed by atoms with van der Waals surface area (Å²) in [6.45, 7) is 3.97. The molecule has 2 aromatic rings. The van der Waals surface area contributed by atoms with Crippen molar-refractivity contribution in [2.45, 2.75) is 57.7 Å². The lowest BCUT2D eigenvalue weighted by atomic mass is 9.96. The molecule has 3 aliphatic rings. The number of hydrogen-bond acceptors (Lipinski definition) is 4. The average molecular weight is 408 g/mol. The number of furan rings is 1. The van der Waals surface area contributed by atoms with Crippen LogP contribution >= 0.6 is 0 Å². The normalized spacial score (nSPS) is 23.4. The van der Waals surface area contributed by atoms with Gasteiger partial charge in [0.25, 0.3) is 5.91 Å². The first kappa shape index (κ1) is 19.2. The molecule has 2 aliphatic heterocycles. The molecule has 0 spiro atoms. The number of piperidine rings is 1. The van der Waals surface area contributed by atoms with Gasteiger partial charge in [-0.3, -0.25) is 9.59 Å². The molecule has 158 valence electrons. The molecule has 2 amide bonds. The van der Waals surface area contributed by atoms with E-state index in [4.69, 9.17) is 4.42 Å². The predicted octanol–water partition coefficient (Wildman–Crippen LogP) is 3.36. The molecule has 1 saturated heterocycles. The summed E-state index contributed by atoms with van der Waals surface area (Å²) in [4.78, 5) is 29.9. The maximum absolute atomic E-state index is 13.3. The van der Waals surface area contributed by atoms with Gasteiger partial charge in [0.15, 0.2) is 0 Å². The second-order valence-electron chi connectivity index (χ2n) is 8.94. The van der Waals surface area contributed by atoms with Crippen molar-refractivity contribution in [1.82, 2.24) is 10.2 Å². The van der Waals surface area contributed by atoms with Crippen LogP contribution in [0.25, 0.3) is 0 Å². The van der Waals surface area contributed by atoms with Crippen molar-refractivity contribution in [1.29, 1.82) is 0 Å². The van der Waals surface area contributed by atoms with Gasteiger partial charge in [-0.15, -0.1) is 0 Å². The summed E-state index contributed by atoms with van der Waals surface area (Å²) < 4.78 is 5.77. The van der Waals surface area contributed by atoms with Gasteiger partial charge in [0.2, 0.25) is 5.91 Å². The van der Waals surface area contributed by atoms with Gasteiger partial charge in [0.1, 0.15) is 5.76 Å². The van der Waals surface area contributed by atoms with Crippen LogP contribution < -0.4 is 10.2 Å². The van der Waals surface area contributed by atoms with Crippen LogP contribution in [0, 0.1) is 5.92 Å². The van der Waals surface area contributed by atoms with Crippen molar-refractivity contribution in [3.05, 3.63) is 53.5 Å². The van der Waals surface area contributed by atoms with Gasteiger partial charge in [0.05, 0.1) is 24.3 Å². The Morgan fingerprint density at radius 1 is 1.17 bits per heavy atom. The van der Waals surface area contributed by atoms with E-state index in [2.05, 4.69) is 41.4 Å². The molecule has 6 nitrogen and oxygen atoms in total. The number of para-hydroxylation sites is 1. The highest BCUT2D eigenvalue weighted by molar-refractivity contribution is 5.95. The number of nitrogens with zero attached hydrogens (tertiary/aromatic N) is 2. The molecule has 0 radical (unpaired) electrons. The molecule has 3 heterocycles. The molecule has 0 bridgehead atoms. The third-order valence-corrected chi connectivity index (χ3v) is 6.64. The number of hydrogen-bond donors (Lipinski definition) is 1. The second kappa shape index (κ2) is 7.82. The van der Waals surface area contributed by atoms with Crippen molar-refractivity contribution in [3.63, 3.8) is 0 Å². The van der Waals surface area contributed by atoms with Crippen LogP contribution in [0.1, 0.15) is 54.3 Å². The average Bonchev–Trinajstić information content (AvgIpc) is 3.36. The molecule has 1 saturated carbocycles. The third-order valence-electron chi connectivity index (χ3n) is 6.64. The number of benzene rings is 1. The minimum atomic E-state index is -0.107. The molecule has 1 aromatic carbocycles. The lowest BCUT2D eigenvalue weighted by Crippen LogP contribution is -2.46. The number of fused-ring (bicyclic) bond motifs is 1. The van der Waals surface area contributed by atoms with Crippen LogP contribution in [0.4, 0.5) is 5.69 Å². The topological polar surface area (TPSA) is 65.8 Å². The van der Waals surface area contributed by atoms with Crippen LogP contribution in [0.3, 0.4) is 0 Å². The lowest BCUT2D eigenvalue weighted by molar-refractivity contribution is -0.126. The summed E-state index contributed by atoms with van der Waals surface area (Å²) >= 11 is 0. The zero-order chi connectivity index (χ0) is 20.7.